The van der Waals surface area contributed by atoms with Crippen LogP contribution in [-0.2, 0) is 11.3 Å². The molecule has 2 heterocycles. The number of aryl methyl sites for hydroxylation is 1. The van der Waals surface area contributed by atoms with Crippen molar-refractivity contribution >= 4 is 22.8 Å². The summed E-state index contributed by atoms with van der Waals surface area (Å²) in [6.45, 7) is 1.66. The summed E-state index contributed by atoms with van der Waals surface area (Å²) in [7, 11) is 0. The molecule has 0 saturated heterocycles. The van der Waals surface area contributed by atoms with E-state index in [1.165, 1.54) is 17.0 Å². The van der Waals surface area contributed by atoms with Crippen LogP contribution in [-0.4, -0.2) is 20.4 Å². The molecule has 22 heavy (non-hydrogen) atoms. The lowest BCUT2D eigenvalue weighted by molar-refractivity contribution is -0.116. The van der Waals surface area contributed by atoms with Gasteiger partial charge in [0.05, 0.1) is 5.52 Å². The number of benzene rings is 1. The smallest absolute Gasteiger partial charge is 0.254 e. The highest BCUT2D eigenvalue weighted by molar-refractivity contribution is 5.90. The van der Waals surface area contributed by atoms with Gasteiger partial charge in [0.15, 0.2) is 0 Å². The number of hydrogen-bond donors (Lipinski definition) is 1. The quantitative estimate of drug-likeness (QED) is 0.798. The molecular formula is C16H14N4O2. The molecule has 0 fully saturated rings. The Morgan fingerprint density at radius 2 is 1.91 bits per heavy atom. The lowest BCUT2D eigenvalue weighted by Gasteiger charge is -2.11. The van der Waals surface area contributed by atoms with Gasteiger partial charge in [0.25, 0.3) is 5.56 Å². The van der Waals surface area contributed by atoms with E-state index >= 15 is 0 Å². The van der Waals surface area contributed by atoms with Crippen LogP contribution in [0.25, 0.3) is 10.9 Å². The predicted octanol–water partition coefficient (Wildman–Crippen LogP) is 1.74. The van der Waals surface area contributed by atoms with Crippen LogP contribution in [0.5, 0.6) is 0 Å². The summed E-state index contributed by atoms with van der Waals surface area (Å²) in [6.07, 6.45) is 3.08. The summed E-state index contributed by atoms with van der Waals surface area (Å²) in [5.41, 5.74) is 1.15. The molecule has 2 aromatic heterocycles. The zero-order valence-electron chi connectivity index (χ0n) is 12.0. The third-order valence-corrected chi connectivity index (χ3v) is 3.30. The van der Waals surface area contributed by atoms with Gasteiger partial charge in [-0.05, 0) is 30.5 Å². The molecule has 0 aliphatic rings. The van der Waals surface area contributed by atoms with Gasteiger partial charge in [0.2, 0.25) is 11.9 Å². The Labute approximate surface area is 126 Å². The number of carbonyl (C=O) groups excluding carboxylic acids is 1. The fourth-order valence-electron chi connectivity index (χ4n) is 2.30. The first kappa shape index (κ1) is 13.9. The second-order valence-electron chi connectivity index (χ2n) is 4.90. The van der Waals surface area contributed by atoms with E-state index in [9.17, 15) is 9.59 Å². The molecule has 110 valence electrons. The minimum Gasteiger partial charge on any atom is -0.299 e. The van der Waals surface area contributed by atoms with Gasteiger partial charge in [0.1, 0.15) is 6.54 Å². The van der Waals surface area contributed by atoms with Crippen LogP contribution in [0.4, 0.5) is 5.95 Å². The monoisotopic (exact) mass is 294 g/mol. The van der Waals surface area contributed by atoms with Crippen LogP contribution in [0.2, 0.25) is 0 Å². The summed E-state index contributed by atoms with van der Waals surface area (Å²) in [6, 6.07) is 11.0. The van der Waals surface area contributed by atoms with Gasteiger partial charge < -0.3 is 0 Å². The maximum atomic E-state index is 12.3. The number of nitrogens with one attached hydrogen (secondary N) is 1. The average Bonchev–Trinajstić information content (AvgIpc) is 2.53. The van der Waals surface area contributed by atoms with Crippen molar-refractivity contribution in [3.05, 3.63) is 64.7 Å². The number of hydrogen-bond acceptors (Lipinski definition) is 4. The third-order valence-electron chi connectivity index (χ3n) is 3.30. The van der Waals surface area contributed by atoms with E-state index in [0.29, 0.717) is 5.56 Å². The van der Waals surface area contributed by atoms with Crippen LogP contribution in [0, 0.1) is 6.92 Å². The molecule has 3 aromatic rings. The molecule has 0 spiro atoms. The van der Waals surface area contributed by atoms with Gasteiger partial charge >= 0.3 is 0 Å². The van der Waals surface area contributed by atoms with Crippen LogP contribution in [0.1, 0.15) is 5.56 Å². The van der Waals surface area contributed by atoms with Crippen LogP contribution in [0.3, 0.4) is 0 Å². The lowest BCUT2D eigenvalue weighted by Crippen LogP contribution is -2.29. The summed E-state index contributed by atoms with van der Waals surface area (Å²) >= 11 is 0. The largest absolute Gasteiger partial charge is 0.299 e. The molecule has 0 radical (unpaired) electrons. The number of fused-ring (bicyclic) bond motifs is 1. The lowest BCUT2D eigenvalue weighted by atomic mass is 10.1. The molecule has 0 aliphatic heterocycles. The Morgan fingerprint density at radius 1 is 1.18 bits per heavy atom. The van der Waals surface area contributed by atoms with Crippen molar-refractivity contribution in [2.45, 2.75) is 13.5 Å². The highest BCUT2D eigenvalue weighted by Gasteiger charge is 2.11. The van der Waals surface area contributed by atoms with Crippen molar-refractivity contribution in [3.63, 3.8) is 0 Å². The normalized spacial score (nSPS) is 10.6. The molecule has 1 N–H and O–H groups in total. The molecule has 0 unspecified atom stereocenters. The van der Waals surface area contributed by atoms with Gasteiger partial charge in [-0.2, -0.15) is 0 Å². The van der Waals surface area contributed by atoms with Gasteiger partial charge in [-0.25, -0.2) is 9.97 Å². The molecule has 0 atom stereocenters. The number of amides is 1. The predicted molar refractivity (Wildman–Crippen MR) is 83.6 cm³/mol. The molecular weight excluding hydrogens is 280 g/mol. The summed E-state index contributed by atoms with van der Waals surface area (Å²) < 4.78 is 1.46. The molecule has 0 saturated carbocycles. The molecule has 1 aromatic carbocycles. The van der Waals surface area contributed by atoms with E-state index in [1.807, 2.05) is 30.3 Å². The van der Waals surface area contributed by atoms with Crippen LogP contribution in [0.15, 0.2) is 53.6 Å². The number of rotatable bonds is 3. The molecule has 6 heteroatoms. The highest BCUT2D eigenvalue weighted by atomic mass is 16.2. The SMILES string of the molecule is Cc1cc2ccccc2n(CC(=O)Nc2ncccn2)c1=O. The van der Waals surface area contributed by atoms with Crippen LogP contribution < -0.4 is 10.9 Å². The summed E-state index contributed by atoms with van der Waals surface area (Å²) in [4.78, 5) is 32.3. The first-order valence-corrected chi connectivity index (χ1v) is 6.81. The Kier molecular flexibility index (Phi) is 3.65. The molecule has 0 aliphatic carbocycles. The molecule has 3 rings (SSSR count). The van der Waals surface area contributed by atoms with Crippen LogP contribution >= 0.6 is 0 Å². The number of anilines is 1. The van der Waals surface area contributed by atoms with Gasteiger partial charge in [-0.15, -0.1) is 0 Å². The minimum atomic E-state index is -0.343. The Morgan fingerprint density at radius 3 is 2.68 bits per heavy atom. The van der Waals surface area contributed by atoms with Crippen molar-refractivity contribution in [3.8, 4) is 0 Å². The van der Waals surface area contributed by atoms with Crippen molar-refractivity contribution in [1.82, 2.24) is 14.5 Å². The standard InChI is InChI=1S/C16H14N4O2/c1-11-9-12-5-2-3-6-13(12)20(15(11)22)10-14(21)19-16-17-7-4-8-18-16/h2-9H,10H2,1H3,(H,17,18,19,21). The first-order chi connectivity index (χ1) is 10.6. The Balaban J connectivity index is 1.95. The number of para-hydroxylation sites is 1. The van der Waals surface area contributed by atoms with Gasteiger partial charge in [0, 0.05) is 18.0 Å². The third kappa shape index (κ3) is 2.71. The van der Waals surface area contributed by atoms with E-state index in [2.05, 4.69) is 15.3 Å². The fraction of sp³-hybridized carbons (Fsp3) is 0.125. The number of carbonyl (C=O) groups is 1. The fourth-order valence-corrected chi connectivity index (χ4v) is 2.30. The maximum absolute atomic E-state index is 12.3. The zero-order chi connectivity index (χ0) is 15.5. The number of nitrogens with zero attached hydrogens (tertiary/aromatic N) is 3. The zero-order valence-corrected chi connectivity index (χ0v) is 12.0. The Bertz CT molecular complexity index is 888. The highest BCUT2D eigenvalue weighted by Crippen LogP contribution is 2.13. The van der Waals surface area contributed by atoms with Crippen molar-refractivity contribution in [1.29, 1.82) is 0 Å². The molecule has 6 nitrogen and oxygen atoms in total. The molecule has 0 bridgehead atoms. The summed E-state index contributed by atoms with van der Waals surface area (Å²) in [5.74, 6) is -0.124. The Hall–Kier alpha value is -3.02. The second kappa shape index (κ2) is 5.77. The van der Waals surface area contributed by atoms with Gasteiger partial charge in [-0.3, -0.25) is 19.5 Å². The topological polar surface area (TPSA) is 76.9 Å². The minimum absolute atomic E-state index is 0.0840. The first-order valence-electron chi connectivity index (χ1n) is 6.81. The van der Waals surface area contributed by atoms with Crippen molar-refractivity contribution in [2.75, 3.05) is 5.32 Å². The second-order valence-corrected chi connectivity index (χ2v) is 4.90. The van der Waals surface area contributed by atoms with E-state index in [0.717, 1.165) is 10.9 Å². The van der Waals surface area contributed by atoms with Crippen molar-refractivity contribution < 1.29 is 4.79 Å². The van der Waals surface area contributed by atoms with E-state index in [4.69, 9.17) is 0 Å². The maximum Gasteiger partial charge on any atom is 0.254 e. The average molecular weight is 294 g/mol. The number of aromatic nitrogens is 3. The van der Waals surface area contributed by atoms with Crippen molar-refractivity contribution in [2.24, 2.45) is 0 Å². The number of pyridine rings is 1. The summed E-state index contributed by atoms with van der Waals surface area (Å²) in [5, 5.41) is 3.50. The van der Waals surface area contributed by atoms with E-state index in [1.54, 1.807) is 13.0 Å². The van der Waals surface area contributed by atoms with E-state index in [-0.39, 0.29) is 24.0 Å². The van der Waals surface area contributed by atoms with Gasteiger partial charge in [-0.1, -0.05) is 18.2 Å². The molecule has 1 amide bonds. The van der Waals surface area contributed by atoms with E-state index < -0.39 is 0 Å².